The Bertz CT molecular complexity index is 758. The van der Waals surface area contributed by atoms with Crippen LogP contribution in [0, 0.1) is 11.3 Å². The Hall–Kier alpha value is -2.60. The van der Waals surface area contributed by atoms with Crippen LogP contribution in [0.2, 0.25) is 0 Å². The third-order valence-electron chi connectivity index (χ3n) is 4.12. The quantitative estimate of drug-likeness (QED) is 0.800. The van der Waals surface area contributed by atoms with E-state index in [0.29, 0.717) is 13.0 Å². The Morgan fingerprint density at radius 1 is 1.23 bits per heavy atom. The number of nitriles is 1. The molecule has 1 aliphatic rings. The van der Waals surface area contributed by atoms with Gasteiger partial charge in [-0.25, -0.2) is 0 Å². The van der Waals surface area contributed by atoms with Gasteiger partial charge in [0.1, 0.15) is 0 Å². The number of carbonyl (C=O) groups excluding carboxylic acids is 1. The van der Waals surface area contributed by atoms with Gasteiger partial charge in [0.15, 0.2) is 0 Å². The second-order valence-corrected chi connectivity index (χ2v) is 5.63. The minimum atomic E-state index is 0.0659. The van der Waals surface area contributed by atoms with Gasteiger partial charge >= 0.3 is 0 Å². The number of aryl methyl sites for hydroxylation is 1. The van der Waals surface area contributed by atoms with E-state index in [2.05, 4.69) is 30.3 Å². The summed E-state index contributed by atoms with van der Waals surface area (Å²) in [4.78, 5) is 13.7. The molecule has 0 spiro atoms. The summed E-state index contributed by atoms with van der Waals surface area (Å²) in [5.74, 6) is 0.0659. The van der Waals surface area contributed by atoms with Crippen LogP contribution in [0.5, 0.6) is 0 Å². The van der Waals surface area contributed by atoms with Gasteiger partial charge in [-0.05, 0) is 35.6 Å². The smallest absolute Gasteiger partial charge is 0.224 e. The first-order valence-electron chi connectivity index (χ1n) is 7.57. The van der Waals surface area contributed by atoms with Crippen LogP contribution in [0.15, 0.2) is 42.5 Å². The molecule has 110 valence electrons. The van der Waals surface area contributed by atoms with E-state index in [0.717, 1.165) is 24.1 Å². The number of hydrogen-bond acceptors (Lipinski definition) is 2. The van der Waals surface area contributed by atoms with Crippen molar-refractivity contribution in [3.63, 3.8) is 0 Å². The first-order chi connectivity index (χ1) is 10.7. The fraction of sp³-hybridized carbons (Fsp3) is 0.263. The molecule has 2 aromatic carbocycles. The number of carbonyl (C=O) groups is 1. The Morgan fingerprint density at radius 3 is 2.82 bits per heavy atom. The van der Waals surface area contributed by atoms with Crippen molar-refractivity contribution < 1.29 is 4.79 Å². The largest absolute Gasteiger partial charge is 0.308 e. The van der Waals surface area contributed by atoms with E-state index in [1.165, 1.54) is 16.7 Å². The minimum Gasteiger partial charge on any atom is -0.308 e. The van der Waals surface area contributed by atoms with Gasteiger partial charge in [0.25, 0.3) is 0 Å². The molecule has 1 aliphatic heterocycles. The summed E-state index contributed by atoms with van der Waals surface area (Å²) in [5.41, 5.74) is 5.73. The van der Waals surface area contributed by atoms with Gasteiger partial charge in [0.2, 0.25) is 5.91 Å². The lowest BCUT2D eigenvalue weighted by Crippen LogP contribution is -2.30. The highest BCUT2D eigenvalue weighted by atomic mass is 16.2. The number of nitrogens with zero attached hydrogens (tertiary/aromatic N) is 2. The monoisotopic (exact) mass is 290 g/mol. The summed E-state index contributed by atoms with van der Waals surface area (Å²) < 4.78 is 0. The molecule has 3 heteroatoms. The zero-order chi connectivity index (χ0) is 15.5. The number of amides is 1. The molecular formula is C19H18N2O. The standard InChI is InChI=1S/C19H18N2O/c1-14(22)21-13-16-10-9-15(6-4-5-11-20)12-18(16)17-7-2-3-8-19(17)21/h2-3,7-10,12H,4-6,13H2,1H3. The van der Waals surface area contributed by atoms with Gasteiger partial charge in [-0.3, -0.25) is 4.79 Å². The molecule has 2 aromatic rings. The fourth-order valence-electron chi connectivity index (χ4n) is 3.01. The molecule has 0 bridgehead atoms. The molecule has 0 fully saturated rings. The van der Waals surface area contributed by atoms with Gasteiger partial charge < -0.3 is 4.90 Å². The van der Waals surface area contributed by atoms with E-state index in [-0.39, 0.29) is 5.91 Å². The van der Waals surface area contributed by atoms with Crippen molar-refractivity contribution in [1.29, 1.82) is 5.26 Å². The third-order valence-corrected chi connectivity index (χ3v) is 4.12. The van der Waals surface area contributed by atoms with Crippen LogP contribution in [-0.2, 0) is 17.8 Å². The predicted molar refractivity (Wildman–Crippen MR) is 87.3 cm³/mol. The number of para-hydroxylation sites is 1. The Labute approximate surface area is 130 Å². The van der Waals surface area contributed by atoms with E-state index in [1.54, 1.807) is 6.92 Å². The summed E-state index contributed by atoms with van der Waals surface area (Å²) in [6.07, 6.45) is 2.39. The normalized spacial score (nSPS) is 12.3. The molecule has 0 radical (unpaired) electrons. The fourth-order valence-corrected chi connectivity index (χ4v) is 3.01. The molecule has 0 unspecified atom stereocenters. The maximum absolute atomic E-state index is 11.9. The average Bonchev–Trinajstić information content (AvgIpc) is 2.54. The first-order valence-corrected chi connectivity index (χ1v) is 7.57. The van der Waals surface area contributed by atoms with Crippen LogP contribution >= 0.6 is 0 Å². The van der Waals surface area contributed by atoms with Gasteiger partial charge in [-0.1, -0.05) is 36.4 Å². The van der Waals surface area contributed by atoms with E-state index < -0.39 is 0 Å². The summed E-state index contributed by atoms with van der Waals surface area (Å²) in [6.45, 7) is 2.23. The van der Waals surface area contributed by atoms with Crippen molar-refractivity contribution in [1.82, 2.24) is 0 Å². The highest BCUT2D eigenvalue weighted by molar-refractivity contribution is 5.99. The van der Waals surface area contributed by atoms with Crippen molar-refractivity contribution in [2.45, 2.75) is 32.7 Å². The Morgan fingerprint density at radius 2 is 2.05 bits per heavy atom. The lowest BCUT2D eigenvalue weighted by molar-refractivity contribution is -0.116. The van der Waals surface area contributed by atoms with Crippen molar-refractivity contribution >= 4 is 11.6 Å². The Kier molecular flexibility index (Phi) is 3.93. The molecular weight excluding hydrogens is 272 g/mol. The molecule has 0 saturated heterocycles. The van der Waals surface area contributed by atoms with E-state index in [4.69, 9.17) is 5.26 Å². The minimum absolute atomic E-state index is 0.0659. The summed E-state index contributed by atoms with van der Waals surface area (Å²) >= 11 is 0. The van der Waals surface area contributed by atoms with Crippen molar-refractivity contribution in [3.8, 4) is 17.2 Å². The molecule has 1 amide bonds. The van der Waals surface area contributed by atoms with Crippen molar-refractivity contribution in [2.75, 3.05) is 4.90 Å². The molecule has 0 atom stereocenters. The second kappa shape index (κ2) is 6.03. The van der Waals surface area contributed by atoms with Crippen molar-refractivity contribution in [2.24, 2.45) is 0 Å². The highest BCUT2D eigenvalue weighted by Crippen LogP contribution is 2.39. The Balaban J connectivity index is 2.01. The van der Waals surface area contributed by atoms with Gasteiger partial charge in [-0.15, -0.1) is 0 Å². The van der Waals surface area contributed by atoms with E-state index in [9.17, 15) is 4.79 Å². The van der Waals surface area contributed by atoms with Crippen LogP contribution in [0.3, 0.4) is 0 Å². The van der Waals surface area contributed by atoms with E-state index in [1.807, 2.05) is 23.1 Å². The topological polar surface area (TPSA) is 44.1 Å². The number of anilines is 1. The second-order valence-electron chi connectivity index (χ2n) is 5.63. The lowest BCUT2D eigenvalue weighted by atomic mass is 9.91. The number of hydrogen-bond donors (Lipinski definition) is 0. The summed E-state index contributed by atoms with van der Waals surface area (Å²) in [6, 6.07) is 16.7. The van der Waals surface area contributed by atoms with Crippen LogP contribution in [0.4, 0.5) is 5.69 Å². The zero-order valence-corrected chi connectivity index (χ0v) is 12.7. The van der Waals surface area contributed by atoms with E-state index >= 15 is 0 Å². The summed E-state index contributed by atoms with van der Waals surface area (Å²) in [7, 11) is 0. The predicted octanol–water partition coefficient (Wildman–Crippen LogP) is 4.07. The van der Waals surface area contributed by atoms with Crippen LogP contribution < -0.4 is 4.90 Å². The lowest BCUT2D eigenvalue weighted by Gasteiger charge is -2.30. The average molecular weight is 290 g/mol. The molecule has 22 heavy (non-hydrogen) atoms. The summed E-state index contributed by atoms with van der Waals surface area (Å²) in [5, 5.41) is 8.66. The third kappa shape index (κ3) is 2.60. The number of rotatable bonds is 3. The molecule has 1 heterocycles. The molecule has 3 nitrogen and oxygen atoms in total. The van der Waals surface area contributed by atoms with Crippen LogP contribution in [-0.4, -0.2) is 5.91 Å². The maximum Gasteiger partial charge on any atom is 0.224 e. The number of fused-ring (bicyclic) bond motifs is 3. The van der Waals surface area contributed by atoms with Crippen LogP contribution in [0.25, 0.3) is 11.1 Å². The van der Waals surface area contributed by atoms with Crippen molar-refractivity contribution in [3.05, 3.63) is 53.6 Å². The number of unbranched alkanes of at least 4 members (excludes halogenated alkanes) is 1. The molecule has 0 saturated carbocycles. The SMILES string of the molecule is CC(=O)N1Cc2ccc(CCCC#N)cc2-c2ccccc21. The zero-order valence-electron chi connectivity index (χ0n) is 12.7. The highest BCUT2D eigenvalue weighted by Gasteiger charge is 2.24. The molecule has 0 N–H and O–H groups in total. The maximum atomic E-state index is 11.9. The van der Waals surface area contributed by atoms with Gasteiger partial charge in [0.05, 0.1) is 18.3 Å². The van der Waals surface area contributed by atoms with Gasteiger partial charge in [0, 0.05) is 18.9 Å². The number of benzene rings is 2. The molecule has 3 rings (SSSR count). The van der Waals surface area contributed by atoms with Crippen LogP contribution in [0.1, 0.15) is 30.9 Å². The molecule has 0 aromatic heterocycles. The van der Waals surface area contributed by atoms with Gasteiger partial charge in [-0.2, -0.15) is 5.26 Å². The molecule has 0 aliphatic carbocycles. The first kappa shape index (κ1) is 14.3.